The van der Waals surface area contributed by atoms with Gasteiger partial charge in [0.2, 0.25) is 0 Å². The summed E-state index contributed by atoms with van der Waals surface area (Å²) >= 11 is 1.68. The first kappa shape index (κ1) is 21.5. The fourth-order valence-electron chi connectivity index (χ4n) is 3.88. The van der Waals surface area contributed by atoms with Crippen LogP contribution in [0.3, 0.4) is 0 Å². The average molecular weight is 439 g/mol. The topological polar surface area (TPSA) is 53.6 Å². The summed E-state index contributed by atoms with van der Waals surface area (Å²) in [5.74, 6) is 0.736. The van der Waals surface area contributed by atoms with Crippen molar-refractivity contribution in [3.05, 3.63) is 102 Å². The molecule has 4 aromatic rings. The molecule has 0 fully saturated rings. The maximum absolute atomic E-state index is 4.92. The highest BCUT2D eigenvalue weighted by Crippen LogP contribution is 2.35. The number of allylic oxidation sites excluding steroid dienone is 5. The monoisotopic (exact) mass is 438 g/mol. The molecule has 32 heavy (non-hydrogen) atoms. The van der Waals surface area contributed by atoms with Crippen molar-refractivity contribution in [1.82, 2.24) is 15.0 Å². The molecule has 0 aliphatic heterocycles. The van der Waals surface area contributed by atoms with Gasteiger partial charge in [0, 0.05) is 40.5 Å². The Morgan fingerprint density at radius 2 is 2.06 bits per heavy atom. The third kappa shape index (κ3) is 3.95. The number of imidazole rings is 1. The van der Waals surface area contributed by atoms with Crippen molar-refractivity contribution in [2.45, 2.75) is 13.8 Å². The number of thiophene rings is 1. The number of H-pyrrole nitrogens is 1. The van der Waals surface area contributed by atoms with E-state index in [9.17, 15) is 0 Å². The summed E-state index contributed by atoms with van der Waals surface area (Å²) in [7, 11) is 1.92. The van der Waals surface area contributed by atoms with Crippen molar-refractivity contribution in [2.75, 3.05) is 12.4 Å². The molecule has 4 rings (SSSR count). The molecule has 0 amide bonds. The highest BCUT2D eigenvalue weighted by atomic mass is 32.1. The Kier molecular flexibility index (Phi) is 6.19. The molecule has 5 heteroatoms. The quantitative estimate of drug-likeness (QED) is 0.297. The number of aromatic amines is 1. The number of anilines is 1. The number of benzene rings is 1. The Labute approximate surface area is 192 Å². The lowest BCUT2D eigenvalue weighted by molar-refractivity contribution is 1.26. The standard InChI is InChI=1S/C27H26N4S/c1-6-9-17(3)20(7-2)19-11-12-23(28-5)21(14-19)18(4)27-30-24-16-29-15-22(26(24)31-27)25-10-8-13-32-25/h6-16,28H,1,4H2,2-3,5H3,(H,30,31)/b17-9-,20-7+. The van der Waals surface area contributed by atoms with Crippen molar-refractivity contribution < 1.29 is 0 Å². The Bertz CT molecular complexity index is 1350. The smallest absolute Gasteiger partial charge is 0.138 e. The summed E-state index contributed by atoms with van der Waals surface area (Å²) in [6.07, 6.45) is 9.64. The lowest BCUT2D eigenvalue weighted by atomic mass is 9.94. The molecule has 0 bridgehead atoms. The van der Waals surface area contributed by atoms with E-state index in [-0.39, 0.29) is 0 Å². The normalized spacial score (nSPS) is 12.2. The van der Waals surface area contributed by atoms with Crippen LogP contribution in [0.25, 0.3) is 32.6 Å². The van der Waals surface area contributed by atoms with Crippen LogP contribution < -0.4 is 5.32 Å². The molecule has 0 saturated carbocycles. The summed E-state index contributed by atoms with van der Waals surface area (Å²) in [6.45, 7) is 12.4. The molecule has 0 radical (unpaired) electrons. The van der Waals surface area contributed by atoms with E-state index >= 15 is 0 Å². The van der Waals surface area contributed by atoms with Crippen LogP contribution in [0.15, 0.2) is 85.1 Å². The third-order valence-electron chi connectivity index (χ3n) is 5.47. The molecule has 0 atom stereocenters. The van der Waals surface area contributed by atoms with Crippen molar-refractivity contribution in [1.29, 1.82) is 0 Å². The van der Waals surface area contributed by atoms with E-state index < -0.39 is 0 Å². The van der Waals surface area contributed by atoms with Gasteiger partial charge in [0.05, 0.1) is 11.7 Å². The summed E-state index contributed by atoms with van der Waals surface area (Å²) < 4.78 is 0. The molecule has 0 saturated heterocycles. The van der Waals surface area contributed by atoms with Crippen LogP contribution in [0, 0.1) is 0 Å². The summed E-state index contributed by atoms with van der Waals surface area (Å²) in [4.78, 5) is 13.9. The lowest BCUT2D eigenvalue weighted by Crippen LogP contribution is -1.99. The molecule has 0 spiro atoms. The predicted molar refractivity (Wildman–Crippen MR) is 139 cm³/mol. The number of hydrogen-bond donors (Lipinski definition) is 2. The number of aromatic nitrogens is 3. The Morgan fingerprint density at radius 3 is 2.75 bits per heavy atom. The molecule has 1 aromatic carbocycles. The first-order valence-corrected chi connectivity index (χ1v) is 11.3. The van der Waals surface area contributed by atoms with Crippen LogP contribution in [-0.4, -0.2) is 22.0 Å². The zero-order chi connectivity index (χ0) is 22.7. The van der Waals surface area contributed by atoms with Crippen molar-refractivity contribution in [2.24, 2.45) is 0 Å². The molecule has 0 unspecified atom stereocenters. The molecule has 0 aliphatic rings. The van der Waals surface area contributed by atoms with Gasteiger partial charge in [0.15, 0.2) is 0 Å². The minimum atomic E-state index is 0.736. The Morgan fingerprint density at radius 1 is 1.22 bits per heavy atom. The van der Waals surface area contributed by atoms with E-state index in [1.807, 2.05) is 37.7 Å². The van der Waals surface area contributed by atoms with Gasteiger partial charge in [0.25, 0.3) is 0 Å². The molecule has 160 valence electrons. The van der Waals surface area contributed by atoms with Gasteiger partial charge in [-0.25, -0.2) is 4.98 Å². The maximum Gasteiger partial charge on any atom is 0.138 e. The summed E-state index contributed by atoms with van der Waals surface area (Å²) in [5.41, 5.74) is 9.09. The Balaban J connectivity index is 1.81. The molecule has 4 nitrogen and oxygen atoms in total. The molecule has 3 aromatic heterocycles. The number of hydrogen-bond acceptors (Lipinski definition) is 4. The second kappa shape index (κ2) is 9.20. The largest absolute Gasteiger partial charge is 0.388 e. The number of rotatable bonds is 7. The van der Waals surface area contributed by atoms with Gasteiger partial charge in [-0.05, 0) is 54.1 Å². The molecular weight excluding hydrogens is 412 g/mol. The number of pyridine rings is 1. The molecule has 3 heterocycles. The van der Waals surface area contributed by atoms with Gasteiger partial charge < -0.3 is 10.3 Å². The van der Waals surface area contributed by atoms with Gasteiger partial charge in [-0.1, -0.05) is 43.5 Å². The zero-order valence-electron chi connectivity index (χ0n) is 18.6. The van der Waals surface area contributed by atoms with Crippen LogP contribution >= 0.6 is 11.3 Å². The average Bonchev–Trinajstić information content (AvgIpc) is 3.49. The summed E-state index contributed by atoms with van der Waals surface area (Å²) in [5, 5.41) is 5.35. The van der Waals surface area contributed by atoms with Crippen LogP contribution in [0.1, 0.15) is 30.8 Å². The van der Waals surface area contributed by atoms with E-state index in [0.717, 1.165) is 60.8 Å². The van der Waals surface area contributed by atoms with Crippen molar-refractivity contribution in [3.63, 3.8) is 0 Å². The fraction of sp³-hybridized carbons (Fsp3) is 0.111. The molecular formula is C27H26N4S. The minimum absolute atomic E-state index is 0.736. The SMILES string of the molecule is C=C/C=C(C)\C(=C/C)c1ccc(NC)c(C(=C)c2nc3c(-c4cccs4)cncc3[nH]2)c1. The Hall–Kier alpha value is -3.70. The van der Waals surface area contributed by atoms with Crippen LogP contribution in [0.4, 0.5) is 5.69 Å². The first-order valence-electron chi connectivity index (χ1n) is 10.4. The highest BCUT2D eigenvalue weighted by Gasteiger charge is 2.16. The zero-order valence-corrected chi connectivity index (χ0v) is 19.4. The van der Waals surface area contributed by atoms with E-state index in [0.29, 0.717) is 0 Å². The highest BCUT2D eigenvalue weighted by molar-refractivity contribution is 7.13. The number of nitrogens with one attached hydrogen (secondary N) is 2. The van der Waals surface area contributed by atoms with Gasteiger partial charge in [-0.2, -0.15) is 0 Å². The van der Waals surface area contributed by atoms with E-state index in [1.54, 1.807) is 11.3 Å². The van der Waals surface area contributed by atoms with E-state index in [2.05, 4.69) is 78.0 Å². The van der Waals surface area contributed by atoms with Crippen LogP contribution in [0.5, 0.6) is 0 Å². The second-order valence-electron chi connectivity index (χ2n) is 7.42. The van der Waals surface area contributed by atoms with E-state index in [4.69, 9.17) is 4.98 Å². The van der Waals surface area contributed by atoms with Gasteiger partial charge >= 0.3 is 0 Å². The third-order valence-corrected chi connectivity index (χ3v) is 6.38. The van der Waals surface area contributed by atoms with Crippen LogP contribution in [-0.2, 0) is 0 Å². The predicted octanol–water partition coefficient (Wildman–Crippen LogP) is 7.33. The lowest BCUT2D eigenvalue weighted by Gasteiger charge is -2.15. The molecule has 2 N–H and O–H groups in total. The van der Waals surface area contributed by atoms with Gasteiger partial charge in [-0.15, -0.1) is 11.3 Å². The summed E-state index contributed by atoms with van der Waals surface area (Å²) in [6, 6.07) is 10.5. The fourth-order valence-corrected chi connectivity index (χ4v) is 4.62. The van der Waals surface area contributed by atoms with Gasteiger partial charge in [0.1, 0.15) is 11.3 Å². The van der Waals surface area contributed by atoms with Crippen LogP contribution in [0.2, 0.25) is 0 Å². The maximum atomic E-state index is 4.92. The van der Waals surface area contributed by atoms with Crippen molar-refractivity contribution >= 4 is 39.2 Å². The molecule has 0 aliphatic carbocycles. The second-order valence-corrected chi connectivity index (χ2v) is 8.37. The number of nitrogens with zero attached hydrogens (tertiary/aromatic N) is 2. The first-order chi connectivity index (χ1) is 15.6. The number of fused-ring (bicyclic) bond motifs is 1. The van der Waals surface area contributed by atoms with E-state index in [1.165, 1.54) is 0 Å². The van der Waals surface area contributed by atoms with Gasteiger partial charge in [-0.3, -0.25) is 4.98 Å². The minimum Gasteiger partial charge on any atom is -0.388 e. The van der Waals surface area contributed by atoms with Crippen molar-refractivity contribution in [3.8, 4) is 10.4 Å².